The van der Waals surface area contributed by atoms with Gasteiger partial charge < -0.3 is 18.6 Å². The lowest BCUT2D eigenvalue weighted by Gasteiger charge is -2.41. The van der Waals surface area contributed by atoms with Gasteiger partial charge in [-0.05, 0) is 31.9 Å². The molecule has 2 bridgehead atoms. The van der Waals surface area contributed by atoms with E-state index in [0.29, 0.717) is 35.3 Å². The quantitative estimate of drug-likeness (QED) is 0.593. The van der Waals surface area contributed by atoms with Gasteiger partial charge in [0.15, 0.2) is 5.78 Å². The van der Waals surface area contributed by atoms with E-state index in [1.807, 2.05) is 16.8 Å². The van der Waals surface area contributed by atoms with Crippen LogP contribution in [0.25, 0.3) is 5.65 Å². The van der Waals surface area contributed by atoms with Crippen molar-refractivity contribution < 1.29 is 19.0 Å². The van der Waals surface area contributed by atoms with Crippen molar-refractivity contribution in [1.82, 2.24) is 19.4 Å². The number of Topliss-reactive ketones (excluding diaryl/α,β-unsaturated/α-hetero) is 1. The Morgan fingerprint density at radius 2 is 2.00 bits per heavy atom. The van der Waals surface area contributed by atoms with E-state index in [2.05, 4.69) is 16.9 Å². The van der Waals surface area contributed by atoms with E-state index >= 15 is 0 Å². The van der Waals surface area contributed by atoms with Crippen LogP contribution < -0.4 is 9.47 Å². The zero-order valence-electron chi connectivity index (χ0n) is 16.6. The van der Waals surface area contributed by atoms with E-state index in [1.165, 1.54) is 7.11 Å². The van der Waals surface area contributed by atoms with Crippen LogP contribution in [0.4, 0.5) is 0 Å². The number of imidazole rings is 1. The summed E-state index contributed by atoms with van der Waals surface area (Å²) in [6, 6.07) is 3.41. The normalized spacial score (nSPS) is 25.1. The first-order valence-corrected chi connectivity index (χ1v) is 9.55. The van der Waals surface area contributed by atoms with Crippen LogP contribution in [0, 0.1) is 0 Å². The van der Waals surface area contributed by atoms with Gasteiger partial charge in [0, 0.05) is 24.0 Å². The van der Waals surface area contributed by atoms with E-state index in [-0.39, 0.29) is 23.2 Å². The highest BCUT2D eigenvalue weighted by Crippen LogP contribution is 2.58. The van der Waals surface area contributed by atoms with Crippen LogP contribution in [0.1, 0.15) is 41.5 Å². The molecule has 8 nitrogen and oxygen atoms in total. The van der Waals surface area contributed by atoms with Gasteiger partial charge in [0.1, 0.15) is 0 Å². The van der Waals surface area contributed by atoms with Gasteiger partial charge in [-0.2, -0.15) is 0 Å². The van der Waals surface area contributed by atoms with Gasteiger partial charge in [0.05, 0.1) is 49.8 Å². The summed E-state index contributed by atoms with van der Waals surface area (Å²) in [4.78, 5) is 26.2. The Balaban J connectivity index is 1.48. The van der Waals surface area contributed by atoms with Crippen molar-refractivity contribution in [3.8, 4) is 11.8 Å². The van der Waals surface area contributed by atoms with Gasteiger partial charge in [-0.3, -0.25) is 4.79 Å². The van der Waals surface area contributed by atoms with Crippen LogP contribution in [0.15, 0.2) is 30.7 Å². The van der Waals surface area contributed by atoms with Crippen molar-refractivity contribution in [2.75, 3.05) is 20.8 Å². The van der Waals surface area contributed by atoms with Gasteiger partial charge in [0.2, 0.25) is 11.5 Å². The molecule has 0 spiro atoms. The number of ether oxygens (including phenoxy) is 3. The molecule has 2 aliphatic heterocycles. The molecule has 0 atom stereocenters. The molecule has 5 heterocycles. The Bertz CT molecular complexity index is 1120. The third-order valence-electron chi connectivity index (χ3n) is 5.92. The molecule has 29 heavy (non-hydrogen) atoms. The SMILES string of the molecule is COc1ncccc1C(=O)Cc1cn2cc(C34COC(C)(C3)C4)nc2c(OC)n1. The number of ketones is 1. The molecule has 150 valence electrons. The number of aromatic nitrogens is 4. The summed E-state index contributed by atoms with van der Waals surface area (Å²) in [5, 5.41) is 0. The zero-order chi connectivity index (χ0) is 20.2. The van der Waals surface area contributed by atoms with Crippen LogP contribution in [-0.4, -0.2) is 51.6 Å². The minimum Gasteiger partial charge on any atom is -0.480 e. The minimum absolute atomic E-state index is 0.0154. The molecule has 0 N–H and O–H groups in total. The van der Waals surface area contributed by atoms with E-state index in [4.69, 9.17) is 19.2 Å². The third kappa shape index (κ3) is 2.78. The molecule has 1 saturated carbocycles. The molecular formula is C21H22N4O4. The topological polar surface area (TPSA) is 87.8 Å². The molecular weight excluding hydrogens is 372 g/mol. The largest absolute Gasteiger partial charge is 0.480 e. The fourth-order valence-electron chi connectivity index (χ4n) is 4.67. The highest BCUT2D eigenvalue weighted by molar-refractivity contribution is 5.99. The average Bonchev–Trinajstić information content (AvgIpc) is 3.38. The molecule has 0 unspecified atom stereocenters. The first-order chi connectivity index (χ1) is 14.0. The molecule has 3 fully saturated rings. The minimum atomic E-state index is -0.123. The zero-order valence-corrected chi connectivity index (χ0v) is 16.6. The monoisotopic (exact) mass is 394 g/mol. The highest BCUT2D eigenvalue weighted by atomic mass is 16.5. The Kier molecular flexibility index (Phi) is 3.89. The van der Waals surface area contributed by atoms with Crippen LogP contribution in [-0.2, 0) is 16.6 Å². The lowest BCUT2D eigenvalue weighted by Crippen LogP contribution is -2.45. The molecule has 1 aliphatic carbocycles. The molecule has 6 rings (SSSR count). The van der Waals surface area contributed by atoms with Crippen molar-refractivity contribution >= 4 is 11.4 Å². The van der Waals surface area contributed by atoms with Gasteiger partial charge in [-0.15, -0.1) is 0 Å². The standard InChI is InChI=1S/C21H22N4O4/c1-20-10-21(11-20,12-29-20)16-9-25-8-13(23-19(28-3)17(25)24-16)7-15(26)14-5-4-6-22-18(14)27-2/h4-6,8-9H,7,10-12H2,1-3H3. The van der Waals surface area contributed by atoms with Crippen LogP contribution >= 0.6 is 0 Å². The summed E-state index contributed by atoms with van der Waals surface area (Å²) in [6.45, 7) is 2.84. The summed E-state index contributed by atoms with van der Waals surface area (Å²) in [7, 11) is 3.06. The maximum absolute atomic E-state index is 12.8. The first kappa shape index (κ1) is 18.1. The second-order valence-electron chi connectivity index (χ2n) is 8.13. The summed E-state index contributed by atoms with van der Waals surface area (Å²) in [5.41, 5.74) is 2.62. The maximum atomic E-state index is 12.8. The lowest BCUT2D eigenvalue weighted by molar-refractivity contribution is 0.0154. The Hall–Kier alpha value is -3.00. The summed E-state index contributed by atoms with van der Waals surface area (Å²) < 4.78 is 18.5. The van der Waals surface area contributed by atoms with E-state index in [9.17, 15) is 4.79 Å². The number of nitrogens with zero attached hydrogens (tertiary/aromatic N) is 4. The average molecular weight is 394 g/mol. The number of carbonyl (C=O) groups is 1. The smallest absolute Gasteiger partial charge is 0.258 e. The molecule has 0 amide bonds. The molecule has 3 aliphatic rings. The van der Waals surface area contributed by atoms with Gasteiger partial charge in [-0.1, -0.05) is 0 Å². The fourth-order valence-corrected chi connectivity index (χ4v) is 4.67. The molecule has 8 heteroatoms. The van der Waals surface area contributed by atoms with E-state index < -0.39 is 0 Å². The first-order valence-electron chi connectivity index (χ1n) is 9.55. The number of pyridine rings is 1. The number of rotatable bonds is 6. The Morgan fingerprint density at radius 1 is 1.21 bits per heavy atom. The number of carbonyl (C=O) groups excluding carboxylic acids is 1. The van der Waals surface area contributed by atoms with Crippen molar-refractivity contribution in [1.29, 1.82) is 0 Å². The van der Waals surface area contributed by atoms with Gasteiger partial charge in [-0.25, -0.2) is 15.0 Å². The highest BCUT2D eigenvalue weighted by Gasteiger charge is 2.61. The van der Waals surface area contributed by atoms with Crippen LogP contribution in [0.5, 0.6) is 11.8 Å². The summed E-state index contributed by atoms with van der Waals surface area (Å²) in [5.74, 6) is 0.586. The predicted molar refractivity (Wildman–Crippen MR) is 104 cm³/mol. The van der Waals surface area contributed by atoms with Crippen LogP contribution in [0.3, 0.4) is 0 Å². The fraction of sp³-hybridized carbons (Fsp3) is 0.429. The molecule has 0 radical (unpaired) electrons. The van der Waals surface area contributed by atoms with Gasteiger partial charge >= 0.3 is 0 Å². The van der Waals surface area contributed by atoms with Crippen LogP contribution in [0.2, 0.25) is 0 Å². The van der Waals surface area contributed by atoms with E-state index in [0.717, 1.165) is 18.5 Å². The van der Waals surface area contributed by atoms with E-state index in [1.54, 1.807) is 25.4 Å². The number of methoxy groups -OCH3 is 2. The maximum Gasteiger partial charge on any atom is 0.258 e. The van der Waals surface area contributed by atoms with Crippen molar-refractivity contribution in [3.05, 3.63) is 47.7 Å². The second kappa shape index (κ2) is 6.25. The third-order valence-corrected chi connectivity index (χ3v) is 5.92. The Morgan fingerprint density at radius 3 is 2.69 bits per heavy atom. The number of hydrogen-bond donors (Lipinski definition) is 0. The molecule has 3 aromatic rings. The number of hydrogen-bond acceptors (Lipinski definition) is 7. The van der Waals surface area contributed by atoms with Crippen molar-refractivity contribution in [3.63, 3.8) is 0 Å². The predicted octanol–water partition coefficient (Wildman–Crippen LogP) is 2.39. The lowest BCUT2D eigenvalue weighted by atomic mass is 9.62. The van der Waals surface area contributed by atoms with Crippen molar-refractivity contribution in [2.45, 2.75) is 37.2 Å². The molecule has 3 aromatic heterocycles. The second-order valence-corrected chi connectivity index (χ2v) is 8.13. The Labute approximate surface area is 167 Å². The molecule has 0 aromatic carbocycles. The molecule has 2 saturated heterocycles. The summed E-state index contributed by atoms with van der Waals surface area (Å²) >= 11 is 0. The summed E-state index contributed by atoms with van der Waals surface area (Å²) in [6.07, 6.45) is 7.49. The number of fused-ring (bicyclic) bond motifs is 2. The van der Waals surface area contributed by atoms with Gasteiger partial charge in [0.25, 0.3) is 5.88 Å². The van der Waals surface area contributed by atoms with Crippen molar-refractivity contribution in [2.24, 2.45) is 0 Å².